The first-order chi connectivity index (χ1) is 47.4. The van der Waals surface area contributed by atoms with Crippen molar-refractivity contribution in [3.8, 4) is 11.1 Å². The summed E-state index contributed by atoms with van der Waals surface area (Å²) in [6, 6.07) is 43.9. The van der Waals surface area contributed by atoms with Crippen LogP contribution < -0.4 is 15.5 Å². The molecule has 11 rings (SSSR count). The van der Waals surface area contributed by atoms with Gasteiger partial charge >= 0.3 is 0 Å². The quantitative estimate of drug-likeness (QED) is 0.0383. The first-order valence-electron chi connectivity index (χ1n) is 39.3. The van der Waals surface area contributed by atoms with Crippen molar-refractivity contribution in [3.05, 3.63) is 255 Å². The molecule has 0 heterocycles. The zero-order chi connectivity index (χ0) is 68.9. The van der Waals surface area contributed by atoms with Gasteiger partial charge in [-0.3, -0.25) is 0 Å². The Kier molecular flexibility index (Phi) is 25.1. The first kappa shape index (κ1) is 72.3. The molecule has 8 unspecified atom stereocenters. The summed E-state index contributed by atoms with van der Waals surface area (Å²) in [6.45, 7) is 27.8. The maximum Gasteiger partial charge on any atom is 0.0476 e. The van der Waals surface area contributed by atoms with Gasteiger partial charge in [-0.2, -0.15) is 0 Å². The summed E-state index contributed by atoms with van der Waals surface area (Å²) in [7, 11) is 0. The second-order valence-corrected chi connectivity index (χ2v) is 32.2. The molecule has 0 amide bonds. The van der Waals surface area contributed by atoms with Crippen molar-refractivity contribution in [2.45, 2.75) is 254 Å². The highest BCUT2D eigenvalue weighted by Gasteiger charge is 2.34. The van der Waals surface area contributed by atoms with Crippen molar-refractivity contribution in [1.82, 2.24) is 0 Å². The van der Waals surface area contributed by atoms with Crippen LogP contribution in [0.4, 0.5) is 22.7 Å². The van der Waals surface area contributed by atoms with Crippen LogP contribution in [0.2, 0.25) is 0 Å². The molecular formula is C95H123N3. The summed E-state index contributed by atoms with van der Waals surface area (Å²) in [5.41, 5.74) is 32.6. The van der Waals surface area contributed by atoms with E-state index in [0.717, 1.165) is 37.1 Å². The van der Waals surface area contributed by atoms with Gasteiger partial charge in [0.2, 0.25) is 0 Å². The third-order valence-corrected chi connectivity index (χ3v) is 23.1. The van der Waals surface area contributed by atoms with E-state index in [1.165, 1.54) is 194 Å². The van der Waals surface area contributed by atoms with E-state index >= 15 is 0 Å². The fraction of sp³-hybridized carbons (Fsp3) is 0.474. The third kappa shape index (κ3) is 18.2. The lowest BCUT2D eigenvalue weighted by atomic mass is 9.72. The SMILES string of the molecule is CCCCCCC1=CC(c2ccc(N(C3C=CC(C4C=CC(C(C)CC)=CC4)CC3)C3CC=C(C4=CC=C(CC(C)C)CC4)CC3)cc2C)C(CCCCCC)C=C1c1ccc(N(c2ccc(-c3ccc(CC(C)C)cc3)cc2)c2ccc(C3C=CC(C(C)(C)N)=CC3)cc2)cc1C. The molecule has 0 saturated carbocycles. The molecule has 0 aliphatic heterocycles. The number of rotatable bonds is 29. The predicted octanol–water partition coefficient (Wildman–Crippen LogP) is 26.9. The lowest BCUT2D eigenvalue weighted by Crippen LogP contribution is -2.45. The van der Waals surface area contributed by atoms with Crippen molar-refractivity contribution >= 4 is 28.3 Å². The van der Waals surface area contributed by atoms with E-state index in [1.807, 2.05) is 0 Å². The number of benzene rings is 5. The highest BCUT2D eigenvalue weighted by molar-refractivity contribution is 5.85. The van der Waals surface area contributed by atoms with E-state index in [0.29, 0.717) is 59.4 Å². The first-order valence-corrected chi connectivity index (χ1v) is 39.3. The molecule has 0 bridgehead atoms. The number of nitrogens with two attached hydrogens (primary N) is 1. The number of unbranched alkanes of at least 4 members (excludes halogenated alkanes) is 6. The van der Waals surface area contributed by atoms with Crippen molar-refractivity contribution in [2.75, 3.05) is 9.80 Å². The average Bonchev–Trinajstić information content (AvgIpc) is 0.774. The summed E-state index contributed by atoms with van der Waals surface area (Å²) in [5, 5.41) is 0. The normalized spacial score (nSPS) is 22.2. The minimum atomic E-state index is -0.344. The molecular weight excluding hydrogens is 1180 g/mol. The highest BCUT2D eigenvalue weighted by Crippen LogP contribution is 2.48. The van der Waals surface area contributed by atoms with E-state index in [1.54, 1.807) is 16.7 Å². The van der Waals surface area contributed by atoms with Crippen molar-refractivity contribution in [1.29, 1.82) is 0 Å². The fourth-order valence-electron chi connectivity index (χ4n) is 17.2. The van der Waals surface area contributed by atoms with Crippen LogP contribution >= 0.6 is 0 Å². The van der Waals surface area contributed by atoms with Gasteiger partial charge in [-0.25, -0.2) is 0 Å². The van der Waals surface area contributed by atoms with Crippen molar-refractivity contribution in [3.63, 3.8) is 0 Å². The van der Waals surface area contributed by atoms with Crippen LogP contribution in [0.15, 0.2) is 222 Å². The Morgan fingerprint density at radius 1 is 0.561 bits per heavy atom. The Labute approximate surface area is 595 Å². The average molecular weight is 1310 g/mol. The maximum absolute atomic E-state index is 6.54. The molecule has 518 valence electrons. The summed E-state index contributed by atoms with van der Waals surface area (Å²) < 4.78 is 0. The van der Waals surface area contributed by atoms with Gasteiger partial charge in [-0.1, -0.05) is 246 Å². The molecule has 5 aromatic carbocycles. The Morgan fingerprint density at radius 3 is 1.85 bits per heavy atom. The van der Waals surface area contributed by atoms with Crippen LogP contribution in [0, 0.1) is 49.4 Å². The molecule has 3 heteroatoms. The van der Waals surface area contributed by atoms with Crippen molar-refractivity contribution in [2.24, 2.45) is 41.2 Å². The predicted molar refractivity (Wildman–Crippen MR) is 427 cm³/mol. The van der Waals surface area contributed by atoms with E-state index in [2.05, 4.69) is 281 Å². The molecule has 0 fully saturated rings. The van der Waals surface area contributed by atoms with Gasteiger partial charge in [0.15, 0.2) is 0 Å². The smallest absolute Gasteiger partial charge is 0.0476 e. The van der Waals surface area contributed by atoms with Crippen LogP contribution in [0.5, 0.6) is 0 Å². The number of aryl methyl sites for hydroxylation is 2. The van der Waals surface area contributed by atoms with Gasteiger partial charge < -0.3 is 15.5 Å². The lowest BCUT2D eigenvalue weighted by Gasteiger charge is -2.43. The standard InChI is InChI=1S/C95H123N3/c1-13-16-18-20-22-82-65-94(92-59-57-90(63-70(92)10)98(86-50-40-79(41-51-86)75-30-26-72(27-31-75)61-67(6)7)88-54-44-81(45-55-88)77-36-46-84(47-37-77)95(11,12)96)83(23-21-19-17-14-2)64-93(82)91-58-56-89(62-69(91)9)97(85-48-38-78(39-49-85)74-28-24-71(25-29-74)60-66(4)5)87-52-42-80(43-53-87)76-34-32-73(33-35-76)68(8)15-3/h24,26-28,30-34,36,38,40-42,44-47,50-52,54-59,62-68,76-77,80,82,85,87,93H,13-23,25,29,35,37,39,43,48-49,53,60-61,96H2,1-12H3. The molecule has 2 N–H and O–H groups in total. The molecule has 6 aliphatic carbocycles. The number of hydrogen-bond acceptors (Lipinski definition) is 3. The van der Waals surface area contributed by atoms with Crippen LogP contribution in [-0.4, -0.2) is 17.6 Å². The third-order valence-electron chi connectivity index (χ3n) is 23.1. The van der Waals surface area contributed by atoms with Gasteiger partial charge in [0, 0.05) is 52.2 Å². The van der Waals surface area contributed by atoms with Crippen molar-refractivity contribution < 1.29 is 0 Å². The zero-order valence-corrected chi connectivity index (χ0v) is 62.7. The molecule has 8 atom stereocenters. The van der Waals surface area contributed by atoms with Crippen LogP contribution in [0.25, 0.3) is 16.7 Å². The monoisotopic (exact) mass is 1310 g/mol. The molecule has 5 aromatic rings. The molecule has 6 aliphatic rings. The number of nitrogens with zero attached hydrogens (tertiary/aromatic N) is 2. The molecule has 0 aromatic heterocycles. The topological polar surface area (TPSA) is 32.5 Å². The largest absolute Gasteiger partial charge is 0.362 e. The Morgan fingerprint density at radius 2 is 1.26 bits per heavy atom. The second-order valence-electron chi connectivity index (χ2n) is 32.2. The van der Waals surface area contributed by atoms with E-state index in [-0.39, 0.29) is 5.54 Å². The van der Waals surface area contributed by atoms with Crippen LogP contribution in [0.1, 0.15) is 249 Å². The highest BCUT2D eigenvalue weighted by atomic mass is 15.2. The second kappa shape index (κ2) is 33.9. The molecule has 0 spiro atoms. The van der Waals surface area contributed by atoms with E-state index in [9.17, 15) is 0 Å². The summed E-state index contributed by atoms with van der Waals surface area (Å²) in [5.74, 6) is 4.23. The Hall–Kier alpha value is -6.94. The number of allylic oxidation sites excluding steroid dienone is 16. The Balaban J connectivity index is 0.916. The Bertz CT molecular complexity index is 3790. The summed E-state index contributed by atoms with van der Waals surface area (Å²) >= 11 is 0. The van der Waals surface area contributed by atoms with Gasteiger partial charge in [0.25, 0.3) is 0 Å². The van der Waals surface area contributed by atoms with Gasteiger partial charge in [-0.05, 0) is 286 Å². The summed E-state index contributed by atoms with van der Waals surface area (Å²) in [6.07, 6.45) is 59.3. The lowest BCUT2D eigenvalue weighted by molar-refractivity contribution is 0.383. The molecule has 3 nitrogen and oxygen atoms in total. The van der Waals surface area contributed by atoms with Crippen LogP contribution in [-0.2, 0) is 6.42 Å². The van der Waals surface area contributed by atoms with Gasteiger partial charge in [0.1, 0.15) is 0 Å². The van der Waals surface area contributed by atoms with E-state index < -0.39 is 0 Å². The maximum atomic E-state index is 6.54. The van der Waals surface area contributed by atoms with Gasteiger partial charge in [-0.15, -0.1) is 0 Å². The minimum absolute atomic E-state index is 0.320. The number of anilines is 4. The zero-order valence-electron chi connectivity index (χ0n) is 62.7. The fourth-order valence-corrected chi connectivity index (χ4v) is 17.2. The number of hydrogen-bond donors (Lipinski definition) is 1. The molecule has 98 heavy (non-hydrogen) atoms. The minimum Gasteiger partial charge on any atom is -0.362 e. The van der Waals surface area contributed by atoms with Gasteiger partial charge in [0.05, 0.1) is 0 Å². The summed E-state index contributed by atoms with van der Waals surface area (Å²) in [4.78, 5) is 5.39. The molecule has 0 saturated heterocycles. The molecule has 0 radical (unpaired) electrons. The van der Waals surface area contributed by atoms with E-state index in [4.69, 9.17) is 5.73 Å². The van der Waals surface area contributed by atoms with Crippen LogP contribution in [0.3, 0.4) is 0 Å².